The van der Waals surface area contributed by atoms with Gasteiger partial charge in [-0.1, -0.05) is 0 Å². The van der Waals surface area contributed by atoms with Gasteiger partial charge in [-0.3, -0.25) is 4.79 Å². The van der Waals surface area contributed by atoms with E-state index >= 15 is 0 Å². The van der Waals surface area contributed by atoms with Gasteiger partial charge in [0.05, 0.1) is 6.33 Å². The molecule has 0 aliphatic heterocycles. The fourth-order valence-corrected chi connectivity index (χ4v) is 0.591. The number of H-pyrrole nitrogens is 1. The minimum Gasteiger partial charge on any atom is -0.364 e. The summed E-state index contributed by atoms with van der Waals surface area (Å²) in [7, 11) is 0. The van der Waals surface area contributed by atoms with E-state index in [1.807, 2.05) is 0 Å². The lowest BCUT2D eigenvalue weighted by atomic mass is 10.3. The van der Waals surface area contributed by atoms with E-state index in [0.717, 1.165) is 0 Å². The Morgan fingerprint density at radius 3 is 3.00 bits per heavy atom. The first-order chi connectivity index (χ1) is 4.75. The van der Waals surface area contributed by atoms with E-state index in [9.17, 15) is 4.79 Å². The summed E-state index contributed by atoms with van der Waals surface area (Å²) in [6.45, 7) is 0. The van der Waals surface area contributed by atoms with Crippen LogP contribution in [-0.2, 0) is 0 Å². The van der Waals surface area contributed by atoms with Gasteiger partial charge in [-0.15, -0.1) is 6.42 Å². The molecule has 10 heavy (non-hydrogen) atoms. The molecule has 0 aliphatic rings. The average molecular weight is 135 g/mol. The monoisotopic (exact) mass is 135 g/mol. The third kappa shape index (κ3) is 0.845. The van der Waals surface area contributed by atoms with Crippen molar-refractivity contribution in [2.24, 2.45) is 5.73 Å². The largest absolute Gasteiger partial charge is 0.364 e. The number of hydrogen-bond donors (Lipinski definition) is 2. The fraction of sp³-hybridized carbons (Fsp3) is 0. The van der Waals surface area contributed by atoms with E-state index in [-0.39, 0.29) is 5.69 Å². The highest BCUT2D eigenvalue weighted by molar-refractivity contribution is 5.92. The van der Waals surface area contributed by atoms with Crippen LogP contribution in [0.2, 0.25) is 0 Å². The molecule has 1 aromatic rings. The molecule has 0 aliphatic carbocycles. The number of terminal acetylenes is 1. The molecule has 1 amide bonds. The first-order valence-corrected chi connectivity index (χ1v) is 2.55. The molecule has 0 saturated heterocycles. The Morgan fingerprint density at radius 1 is 1.90 bits per heavy atom. The third-order valence-corrected chi connectivity index (χ3v) is 1.02. The summed E-state index contributed by atoms with van der Waals surface area (Å²) in [5.41, 5.74) is 5.36. The molecule has 0 saturated carbocycles. The van der Waals surface area contributed by atoms with Gasteiger partial charge in [-0.05, 0) is 5.92 Å². The Bertz CT molecular complexity index is 294. The minimum atomic E-state index is -0.616. The Morgan fingerprint density at radius 2 is 2.60 bits per heavy atom. The molecular formula is C6H5N3O. The SMILES string of the molecule is C#Cc1[nH]cnc1C(N)=O. The van der Waals surface area contributed by atoms with Gasteiger partial charge in [0.25, 0.3) is 5.91 Å². The molecule has 0 fully saturated rings. The fourth-order valence-electron chi connectivity index (χ4n) is 0.591. The number of rotatable bonds is 1. The molecule has 0 radical (unpaired) electrons. The highest BCUT2D eigenvalue weighted by Gasteiger charge is 2.07. The van der Waals surface area contributed by atoms with Crippen LogP contribution in [0, 0.1) is 12.3 Å². The number of aromatic nitrogens is 2. The minimum absolute atomic E-state index is 0.113. The van der Waals surface area contributed by atoms with Crippen molar-refractivity contribution in [1.82, 2.24) is 9.97 Å². The molecule has 4 heteroatoms. The van der Waals surface area contributed by atoms with Crippen molar-refractivity contribution in [3.63, 3.8) is 0 Å². The molecule has 50 valence electrons. The Kier molecular flexibility index (Phi) is 1.42. The van der Waals surface area contributed by atoms with E-state index in [1.165, 1.54) is 6.33 Å². The standard InChI is InChI=1S/C6H5N3O/c1-2-4-5(6(7)10)9-3-8-4/h1,3H,(H2,7,10)(H,8,9). The van der Waals surface area contributed by atoms with Gasteiger partial charge in [0.2, 0.25) is 0 Å². The summed E-state index contributed by atoms with van der Waals surface area (Å²) >= 11 is 0. The lowest BCUT2D eigenvalue weighted by Gasteiger charge is -1.85. The van der Waals surface area contributed by atoms with Crippen molar-refractivity contribution >= 4 is 5.91 Å². The normalized spacial score (nSPS) is 8.70. The van der Waals surface area contributed by atoms with Crippen LogP contribution in [0.1, 0.15) is 16.2 Å². The average Bonchev–Trinajstić information content (AvgIpc) is 2.33. The zero-order valence-electron chi connectivity index (χ0n) is 5.09. The van der Waals surface area contributed by atoms with Crippen LogP contribution < -0.4 is 5.73 Å². The smallest absolute Gasteiger partial charge is 0.270 e. The summed E-state index contributed by atoms with van der Waals surface area (Å²) in [4.78, 5) is 16.7. The van der Waals surface area contributed by atoms with Gasteiger partial charge < -0.3 is 10.7 Å². The first-order valence-electron chi connectivity index (χ1n) is 2.55. The Hall–Kier alpha value is -1.76. The van der Waals surface area contributed by atoms with Crippen molar-refractivity contribution < 1.29 is 4.79 Å². The number of primary amides is 1. The molecule has 1 rings (SSSR count). The number of nitrogens with zero attached hydrogens (tertiary/aromatic N) is 1. The molecule has 1 heterocycles. The zero-order valence-corrected chi connectivity index (χ0v) is 5.09. The van der Waals surface area contributed by atoms with Crippen LogP contribution in [0.25, 0.3) is 0 Å². The lowest BCUT2D eigenvalue weighted by Crippen LogP contribution is -2.12. The molecule has 0 unspecified atom stereocenters. The Labute approximate surface area is 57.5 Å². The summed E-state index contributed by atoms with van der Waals surface area (Å²) < 4.78 is 0. The van der Waals surface area contributed by atoms with Crippen LogP contribution in [0.15, 0.2) is 6.33 Å². The van der Waals surface area contributed by atoms with Gasteiger partial charge in [0.15, 0.2) is 5.69 Å². The summed E-state index contributed by atoms with van der Waals surface area (Å²) in [5.74, 6) is 1.62. The lowest BCUT2D eigenvalue weighted by molar-refractivity contribution is 0.0996. The second kappa shape index (κ2) is 2.23. The third-order valence-electron chi connectivity index (χ3n) is 1.02. The predicted octanol–water partition coefficient (Wildman–Crippen LogP) is -0.510. The number of amides is 1. The molecule has 4 nitrogen and oxygen atoms in total. The second-order valence-electron chi connectivity index (χ2n) is 1.63. The quantitative estimate of drug-likeness (QED) is 0.509. The van der Waals surface area contributed by atoms with Crippen LogP contribution in [-0.4, -0.2) is 15.9 Å². The number of hydrogen-bond acceptors (Lipinski definition) is 2. The maximum atomic E-state index is 10.5. The van der Waals surface area contributed by atoms with E-state index < -0.39 is 5.91 Å². The molecule has 1 aromatic heterocycles. The number of aromatic amines is 1. The number of imidazole rings is 1. The first kappa shape index (κ1) is 6.36. The van der Waals surface area contributed by atoms with Crippen molar-refractivity contribution in [2.75, 3.05) is 0 Å². The molecule has 0 bridgehead atoms. The molecular weight excluding hydrogens is 130 g/mol. The number of carbonyl (C=O) groups is 1. The summed E-state index contributed by atoms with van der Waals surface area (Å²) in [6, 6.07) is 0. The van der Waals surface area contributed by atoms with Gasteiger partial charge in [-0.25, -0.2) is 4.98 Å². The highest BCUT2D eigenvalue weighted by Crippen LogP contribution is 1.97. The zero-order chi connectivity index (χ0) is 7.56. The van der Waals surface area contributed by atoms with Crippen molar-refractivity contribution in [3.05, 3.63) is 17.7 Å². The summed E-state index contributed by atoms with van der Waals surface area (Å²) in [5, 5.41) is 0. The van der Waals surface area contributed by atoms with Gasteiger partial charge in [0, 0.05) is 0 Å². The van der Waals surface area contributed by atoms with E-state index in [2.05, 4.69) is 15.9 Å². The second-order valence-corrected chi connectivity index (χ2v) is 1.63. The van der Waals surface area contributed by atoms with Crippen molar-refractivity contribution in [1.29, 1.82) is 0 Å². The van der Waals surface area contributed by atoms with Crippen LogP contribution in [0.4, 0.5) is 0 Å². The maximum absolute atomic E-state index is 10.5. The summed E-state index contributed by atoms with van der Waals surface area (Å²) in [6.07, 6.45) is 6.33. The van der Waals surface area contributed by atoms with Gasteiger partial charge in [-0.2, -0.15) is 0 Å². The Balaban J connectivity index is 3.17. The van der Waals surface area contributed by atoms with Crippen LogP contribution >= 0.6 is 0 Å². The number of carbonyl (C=O) groups excluding carboxylic acids is 1. The van der Waals surface area contributed by atoms with Crippen LogP contribution in [0.5, 0.6) is 0 Å². The highest BCUT2D eigenvalue weighted by atomic mass is 16.1. The molecule has 0 spiro atoms. The van der Waals surface area contributed by atoms with Crippen molar-refractivity contribution in [3.8, 4) is 12.3 Å². The molecule has 0 aromatic carbocycles. The van der Waals surface area contributed by atoms with Gasteiger partial charge >= 0.3 is 0 Å². The maximum Gasteiger partial charge on any atom is 0.270 e. The number of nitrogens with one attached hydrogen (secondary N) is 1. The van der Waals surface area contributed by atoms with E-state index in [0.29, 0.717) is 5.69 Å². The molecule has 0 atom stereocenters. The topological polar surface area (TPSA) is 71.8 Å². The van der Waals surface area contributed by atoms with E-state index in [4.69, 9.17) is 12.2 Å². The van der Waals surface area contributed by atoms with Gasteiger partial charge in [0.1, 0.15) is 5.69 Å². The predicted molar refractivity (Wildman–Crippen MR) is 35.0 cm³/mol. The number of nitrogens with two attached hydrogens (primary N) is 1. The van der Waals surface area contributed by atoms with Crippen molar-refractivity contribution in [2.45, 2.75) is 0 Å². The van der Waals surface area contributed by atoms with E-state index in [1.54, 1.807) is 0 Å². The van der Waals surface area contributed by atoms with Crippen LogP contribution in [0.3, 0.4) is 0 Å². The molecule has 3 N–H and O–H groups in total.